The maximum Gasteiger partial charge on any atom is 0.261 e. The fourth-order valence-electron chi connectivity index (χ4n) is 3.50. The Kier molecular flexibility index (Phi) is 5.00. The molecule has 0 aliphatic heterocycles. The van der Waals surface area contributed by atoms with Crippen LogP contribution in [-0.4, -0.2) is 17.4 Å². The number of nitrogens with zero attached hydrogens (tertiary/aromatic N) is 1. The summed E-state index contributed by atoms with van der Waals surface area (Å²) in [6.45, 7) is 2.63. The Hall–Kier alpha value is -2.54. The second-order valence-corrected chi connectivity index (χ2v) is 6.59. The number of H-pyrrole nitrogens is 1. The number of aryl methyl sites for hydroxylation is 1. The molecule has 0 bridgehead atoms. The standard InChI is InChI=1S/C20H23N3O/c1-14-18(17-9-5-6-10-19(17)23-14)11-16(12-21)20(24)22-13-15-7-3-2-4-8-15/h5-6,9-11,15,23H,2-4,7-8,13H2,1H3,(H,22,24)/b16-11+. The van der Waals surface area contributed by atoms with Gasteiger partial charge in [-0.25, -0.2) is 0 Å². The Morgan fingerprint density at radius 2 is 2.08 bits per heavy atom. The van der Waals surface area contributed by atoms with Crippen LogP contribution in [-0.2, 0) is 4.79 Å². The van der Waals surface area contributed by atoms with Crippen molar-refractivity contribution in [2.24, 2.45) is 5.92 Å². The van der Waals surface area contributed by atoms with Gasteiger partial charge in [0.2, 0.25) is 0 Å². The van der Waals surface area contributed by atoms with E-state index in [0.29, 0.717) is 12.5 Å². The van der Waals surface area contributed by atoms with E-state index in [9.17, 15) is 10.1 Å². The molecule has 0 saturated heterocycles. The minimum absolute atomic E-state index is 0.165. The third-order valence-electron chi connectivity index (χ3n) is 4.87. The lowest BCUT2D eigenvalue weighted by Crippen LogP contribution is -2.31. The van der Waals surface area contributed by atoms with E-state index in [0.717, 1.165) is 22.2 Å². The molecule has 1 heterocycles. The number of carbonyl (C=O) groups is 1. The first kappa shape index (κ1) is 16.3. The molecule has 0 spiro atoms. The molecule has 1 aromatic heterocycles. The van der Waals surface area contributed by atoms with Gasteiger partial charge in [-0.1, -0.05) is 37.5 Å². The molecule has 2 N–H and O–H groups in total. The zero-order valence-corrected chi connectivity index (χ0v) is 14.1. The van der Waals surface area contributed by atoms with Gasteiger partial charge in [0, 0.05) is 28.7 Å². The molecule has 4 heteroatoms. The van der Waals surface area contributed by atoms with E-state index < -0.39 is 0 Å². The number of nitriles is 1. The molecule has 1 saturated carbocycles. The second-order valence-electron chi connectivity index (χ2n) is 6.59. The van der Waals surface area contributed by atoms with Crippen LogP contribution in [0.1, 0.15) is 43.4 Å². The molecule has 1 amide bonds. The average Bonchev–Trinajstić information content (AvgIpc) is 2.93. The molecule has 0 atom stereocenters. The Labute approximate surface area is 142 Å². The van der Waals surface area contributed by atoms with Crippen molar-refractivity contribution < 1.29 is 4.79 Å². The monoisotopic (exact) mass is 321 g/mol. The van der Waals surface area contributed by atoms with Crippen LogP contribution < -0.4 is 5.32 Å². The van der Waals surface area contributed by atoms with E-state index in [1.165, 1.54) is 32.1 Å². The highest BCUT2D eigenvalue weighted by Gasteiger charge is 2.17. The van der Waals surface area contributed by atoms with Gasteiger partial charge in [-0.05, 0) is 37.8 Å². The van der Waals surface area contributed by atoms with E-state index in [2.05, 4.69) is 16.4 Å². The summed E-state index contributed by atoms with van der Waals surface area (Å²) in [7, 11) is 0. The smallest absolute Gasteiger partial charge is 0.261 e. The summed E-state index contributed by atoms with van der Waals surface area (Å²) in [5.74, 6) is 0.283. The first-order valence-electron chi connectivity index (χ1n) is 8.66. The van der Waals surface area contributed by atoms with Crippen LogP contribution in [0.5, 0.6) is 0 Å². The lowest BCUT2D eigenvalue weighted by Gasteiger charge is -2.21. The number of aromatic nitrogens is 1. The van der Waals surface area contributed by atoms with E-state index in [4.69, 9.17) is 0 Å². The highest BCUT2D eigenvalue weighted by Crippen LogP contribution is 2.25. The molecular formula is C20H23N3O. The minimum atomic E-state index is -0.271. The summed E-state index contributed by atoms with van der Waals surface area (Å²) in [5, 5.41) is 13.4. The van der Waals surface area contributed by atoms with Gasteiger partial charge in [-0.2, -0.15) is 5.26 Å². The zero-order valence-electron chi connectivity index (χ0n) is 14.1. The summed E-state index contributed by atoms with van der Waals surface area (Å²) in [5.41, 5.74) is 3.05. The lowest BCUT2D eigenvalue weighted by atomic mass is 9.89. The number of aromatic amines is 1. The minimum Gasteiger partial charge on any atom is -0.358 e. The largest absolute Gasteiger partial charge is 0.358 e. The van der Waals surface area contributed by atoms with Gasteiger partial charge in [0.1, 0.15) is 11.6 Å². The van der Waals surface area contributed by atoms with Crippen LogP contribution in [0, 0.1) is 24.2 Å². The predicted octanol–water partition coefficient (Wildman–Crippen LogP) is 4.08. The Morgan fingerprint density at radius 3 is 2.83 bits per heavy atom. The van der Waals surface area contributed by atoms with Crippen LogP contribution >= 0.6 is 0 Å². The molecule has 124 valence electrons. The van der Waals surface area contributed by atoms with Crippen molar-refractivity contribution in [1.29, 1.82) is 5.26 Å². The third-order valence-corrected chi connectivity index (χ3v) is 4.87. The number of carbonyl (C=O) groups excluding carboxylic acids is 1. The van der Waals surface area contributed by atoms with Gasteiger partial charge in [-0.3, -0.25) is 4.79 Å². The topological polar surface area (TPSA) is 68.7 Å². The van der Waals surface area contributed by atoms with E-state index in [-0.39, 0.29) is 11.5 Å². The van der Waals surface area contributed by atoms with Gasteiger partial charge >= 0.3 is 0 Å². The molecular weight excluding hydrogens is 298 g/mol. The van der Waals surface area contributed by atoms with Crippen molar-refractivity contribution in [3.63, 3.8) is 0 Å². The lowest BCUT2D eigenvalue weighted by molar-refractivity contribution is -0.117. The van der Waals surface area contributed by atoms with Crippen LogP contribution in [0.3, 0.4) is 0 Å². The van der Waals surface area contributed by atoms with Gasteiger partial charge < -0.3 is 10.3 Å². The number of nitrogens with one attached hydrogen (secondary N) is 2. The summed E-state index contributed by atoms with van der Waals surface area (Å²) in [6, 6.07) is 9.98. The first-order valence-corrected chi connectivity index (χ1v) is 8.66. The SMILES string of the molecule is Cc1[nH]c2ccccc2c1/C=C(\C#N)C(=O)NCC1CCCCC1. The Bertz CT molecular complexity index is 804. The predicted molar refractivity (Wildman–Crippen MR) is 96.2 cm³/mol. The summed E-state index contributed by atoms with van der Waals surface area (Å²) < 4.78 is 0. The van der Waals surface area contributed by atoms with Crippen molar-refractivity contribution in [1.82, 2.24) is 10.3 Å². The number of para-hydroxylation sites is 1. The maximum atomic E-state index is 12.4. The molecule has 1 fully saturated rings. The Balaban J connectivity index is 1.77. The normalized spacial score (nSPS) is 16.1. The zero-order chi connectivity index (χ0) is 16.9. The van der Waals surface area contributed by atoms with Gasteiger partial charge in [-0.15, -0.1) is 0 Å². The van der Waals surface area contributed by atoms with E-state index >= 15 is 0 Å². The quantitative estimate of drug-likeness (QED) is 0.658. The molecule has 1 aliphatic rings. The van der Waals surface area contributed by atoms with Crippen LogP contribution in [0.25, 0.3) is 17.0 Å². The highest BCUT2D eigenvalue weighted by molar-refractivity contribution is 6.04. The molecule has 2 aromatic rings. The van der Waals surface area contributed by atoms with Gasteiger partial charge in [0.05, 0.1) is 0 Å². The maximum absolute atomic E-state index is 12.4. The van der Waals surface area contributed by atoms with E-state index in [1.54, 1.807) is 6.08 Å². The third kappa shape index (κ3) is 3.51. The second kappa shape index (κ2) is 7.35. The molecule has 0 unspecified atom stereocenters. The molecule has 0 radical (unpaired) electrons. The first-order chi connectivity index (χ1) is 11.7. The molecule has 24 heavy (non-hydrogen) atoms. The van der Waals surface area contributed by atoms with E-state index in [1.807, 2.05) is 31.2 Å². The average molecular weight is 321 g/mol. The van der Waals surface area contributed by atoms with Crippen LogP contribution in [0.2, 0.25) is 0 Å². The van der Waals surface area contributed by atoms with Gasteiger partial charge in [0.15, 0.2) is 0 Å². The number of hydrogen-bond donors (Lipinski definition) is 2. The van der Waals surface area contributed by atoms with Crippen molar-refractivity contribution >= 4 is 22.9 Å². The fourth-order valence-corrected chi connectivity index (χ4v) is 3.50. The van der Waals surface area contributed by atoms with Crippen molar-refractivity contribution in [3.05, 3.63) is 41.1 Å². The number of rotatable bonds is 4. The Morgan fingerprint density at radius 1 is 1.33 bits per heavy atom. The van der Waals surface area contributed by atoms with Gasteiger partial charge in [0.25, 0.3) is 5.91 Å². The van der Waals surface area contributed by atoms with Crippen molar-refractivity contribution in [2.75, 3.05) is 6.54 Å². The molecule has 1 aliphatic carbocycles. The van der Waals surface area contributed by atoms with Crippen molar-refractivity contribution in [2.45, 2.75) is 39.0 Å². The number of benzene rings is 1. The molecule has 3 rings (SSSR count). The van der Waals surface area contributed by atoms with Crippen molar-refractivity contribution in [3.8, 4) is 6.07 Å². The van der Waals surface area contributed by atoms with Crippen LogP contribution in [0.4, 0.5) is 0 Å². The number of fused-ring (bicyclic) bond motifs is 1. The fraction of sp³-hybridized carbons (Fsp3) is 0.400. The molecule has 4 nitrogen and oxygen atoms in total. The molecule has 1 aromatic carbocycles. The highest BCUT2D eigenvalue weighted by atomic mass is 16.1. The summed E-state index contributed by atoms with van der Waals surface area (Å²) in [4.78, 5) is 15.7. The van der Waals surface area contributed by atoms with Crippen LogP contribution in [0.15, 0.2) is 29.8 Å². The summed E-state index contributed by atoms with van der Waals surface area (Å²) >= 11 is 0. The summed E-state index contributed by atoms with van der Waals surface area (Å²) in [6.07, 6.45) is 7.84. The number of amides is 1. The number of hydrogen-bond acceptors (Lipinski definition) is 2.